The van der Waals surface area contributed by atoms with Crippen molar-refractivity contribution in [2.24, 2.45) is 4.99 Å². The minimum Gasteiger partial charge on any atom is -0.496 e. The molecule has 0 aromatic heterocycles. The van der Waals surface area contributed by atoms with E-state index in [4.69, 9.17) is 9.73 Å². The molecule has 2 N–H and O–H groups in total. The summed E-state index contributed by atoms with van der Waals surface area (Å²) in [5, 5.41) is 7.22. The van der Waals surface area contributed by atoms with Crippen LogP contribution in [0, 0.1) is 27.7 Å². The van der Waals surface area contributed by atoms with Gasteiger partial charge in [0.15, 0.2) is 5.17 Å². The highest BCUT2D eigenvalue weighted by atomic mass is 32.2. The van der Waals surface area contributed by atoms with E-state index < -0.39 is 6.04 Å². The summed E-state index contributed by atoms with van der Waals surface area (Å²) < 4.78 is 5.58. The molecule has 0 saturated carbocycles. The largest absolute Gasteiger partial charge is 0.496 e. The van der Waals surface area contributed by atoms with Gasteiger partial charge >= 0.3 is 0 Å². The number of benzene rings is 3. The lowest BCUT2D eigenvalue weighted by molar-refractivity contribution is -0.113. The number of carbonyl (C=O) groups excluding carboxylic acids is 1. The second kappa shape index (κ2) is 11.0. The van der Waals surface area contributed by atoms with Gasteiger partial charge in [-0.15, -0.1) is 0 Å². The maximum Gasteiger partial charge on any atom is 0.255 e. The van der Waals surface area contributed by atoms with Crippen molar-refractivity contribution in [2.75, 3.05) is 12.4 Å². The van der Waals surface area contributed by atoms with Crippen molar-refractivity contribution in [3.8, 4) is 5.75 Å². The van der Waals surface area contributed by atoms with Gasteiger partial charge in [0.1, 0.15) is 11.8 Å². The van der Waals surface area contributed by atoms with Crippen molar-refractivity contribution in [2.45, 2.75) is 46.4 Å². The van der Waals surface area contributed by atoms with Gasteiger partial charge in [0.05, 0.1) is 12.7 Å². The highest BCUT2D eigenvalue weighted by molar-refractivity contribution is 8.13. The number of amides is 1. The molecule has 0 fully saturated rings. The van der Waals surface area contributed by atoms with Crippen LogP contribution in [0.25, 0.3) is 0 Å². The molecule has 0 radical (unpaired) electrons. The number of thioether (sulfide) groups is 1. The highest BCUT2D eigenvalue weighted by Crippen LogP contribution is 2.36. The zero-order valence-electron chi connectivity index (χ0n) is 21.7. The fourth-order valence-corrected chi connectivity index (χ4v) is 5.70. The number of carbonyl (C=O) groups is 1. The Kier molecular flexibility index (Phi) is 7.85. The quantitative estimate of drug-likeness (QED) is 0.393. The number of aryl methyl sites for hydroxylation is 4. The van der Waals surface area contributed by atoms with E-state index in [1.165, 1.54) is 22.3 Å². The molecule has 3 aromatic rings. The smallest absolute Gasteiger partial charge is 0.255 e. The van der Waals surface area contributed by atoms with Crippen LogP contribution in [0.15, 0.2) is 76.9 Å². The normalized spacial score (nSPS) is 15.3. The number of para-hydroxylation sites is 1. The van der Waals surface area contributed by atoms with Gasteiger partial charge in [0, 0.05) is 17.1 Å². The third kappa shape index (κ3) is 5.65. The van der Waals surface area contributed by atoms with E-state index in [2.05, 4.69) is 43.5 Å². The SMILES string of the molecule is COc1cc([C@@H]2N=C(SCc3c(C)cc(C)cc3C)NC(C)=C2C(=O)Nc2ccccc2)ccc1C. The summed E-state index contributed by atoms with van der Waals surface area (Å²) in [6.07, 6.45) is 0. The second-order valence-electron chi connectivity index (χ2n) is 9.22. The molecule has 0 spiro atoms. The van der Waals surface area contributed by atoms with Gasteiger partial charge in [0.25, 0.3) is 5.91 Å². The van der Waals surface area contributed by atoms with Gasteiger partial charge in [-0.05, 0) is 80.6 Å². The Morgan fingerprint density at radius 3 is 2.33 bits per heavy atom. The average molecular weight is 500 g/mol. The zero-order chi connectivity index (χ0) is 25.8. The molecule has 36 heavy (non-hydrogen) atoms. The molecular formula is C30H33N3O2S. The van der Waals surface area contributed by atoms with Crippen LogP contribution < -0.4 is 15.4 Å². The first-order valence-electron chi connectivity index (χ1n) is 12.0. The molecule has 1 atom stereocenters. The maximum atomic E-state index is 13.5. The summed E-state index contributed by atoms with van der Waals surface area (Å²) in [5.74, 6) is 1.41. The first kappa shape index (κ1) is 25.6. The van der Waals surface area contributed by atoms with Crippen LogP contribution >= 0.6 is 11.8 Å². The second-order valence-corrected chi connectivity index (χ2v) is 10.2. The Morgan fingerprint density at radius 1 is 0.972 bits per heavy atom. The number of ether oxygens (including phenoxy) is 1. The molecule has 1 aliphatic heterocycles. The van der Waals surface area contributed by atoms with Gasteiger partial charge in [-0.1, -0.05) is 59.8 Å². The molecule has 186 valence electrons. The molecule has 0 aliphatic carbocycles. The van der Waals surface area contributed by atoms with Gasteiger partial charge in [-0.3, -0.25) is 4.79 Å². The molecular weight excluding hydrogens is 466 g/mol. The number of allylic oxidation sites excluding steroid dienone is 1. The number of rotatable bonds is 6. The molecule has 4 rings (SSSR count). The Bertz CT molecular complexity index is 1320. The van der Waals surface area contributed by atoms with E-state index in [0.717, 1.165) is 39.2 Å². The minimum atomic E-state index is -0.452. The van der Waals surface area contributed by atoms with Crippen molar-refractivity contribution in [1.29, 1.82) is 0 Å². The van der Waals surface area contributed by atoms with Crippen molar-refractivity contribution in [3.63, 3.8) is 0 Å². The van der Waals surface area contributed by atoms with Crippen LogP contribution in [0.3, 0.4) is 0 Å². The molecule has 5 nitrogen and oxygen atoms in total. The first-order valence-corrected chi connectivity index (χ1v) is 13.0. The summed E-state index contributed by atoms with van der Waals surface area (Å²) in [6.45, 7) is 10.4. The van der Waals surface area contributed by atoms with Gasteiger partial charge < -0.3 is 15.4 Å². The number of aliphatic imine (C=N–C) groups is 1. The summed E-state index contributed by atoms with van der Waals surface area (Å²) in [7, 11) is 1.66. The standard InChI is InChI=1S/C30H33N3O2S/c1-18-14-20(3)25(21(4)15-18)17-36-30-31-22(5)27(29(34)32-24-10-8-7-9-11-24)28(33-30)23-13-12-19(2)26(16-23)35-6/h7-16,28H,17H2,1-6H3,(H,31,33)(H,32,34)/t28-/m0/s1. The van der Waals surface area contributed by atoms with Crippen molar-refractivity contribution < 1.29 is 9.53 Å². The van der Waals surface area contributed by atoms with E-state index in [0.29, 0.717) is 5.57 Å². The predicted octanol–water partition coefficient (Wildman–Crippen LogP) is 6.78. The molecule has 1 heterocycles. The van der Waals surface area contributed by atoms with Crippen LogP contribution in [0.1, 0.15) is 46.3 Å². The number of amidine groups is 1. The monoisotopic (exact) mass is 499 g/mol. The molecule has 3 aromatic carbocycles. The third-order valence-electron chi connectivity index (χ3n) is 6.44. The minimum absolute atomic E-state index is 0.172. The molecule has 0 saturated heterocycles. The number of hydrogen-bond donors (Lipinski definition) is 2. The van der Waals surface area contributed by atoms with Crippen LogP contribution in [0.2, 0.25) is 0 Å². The van der Waals surface area contributed by atoms with E-state index in [9.17, 15) is 4.79 Å². The van der Waals surface area contributed by atoms with E-state index in [1.807, 2.05) is 62.4 Å². The van der Waals surface area contributed by atoms with Gasteiger partial charge in [-0.25, -0.2) is 4.99 Å². The topological polar surface area (TPSA) is 62.7 Å². The highest BCUT2D eigenvalue weighted by Gasteiger charge is 2.30. The number of methoxy groups -OCH3 is 1. The zero-order valence-corrected chi connectivity index (χ0v) is 22.5. The third-order valence-corrected chi connectivity index (χ3v) is 7.35. The Labute approximate surface area is 218 Å². The van der Waals surface area contributed by atoms with Crippen molar-refractivity contribution in [3.05, 3.63) is 105 Å². The number of hydrogen-bond acceptors (Lipinski definition) is 5. The molecule has 6 heteroatoms. The summed E-state index contributed by atoms with van der Waals surface area (Å²) >= 11 is 1.66. The fraction of sp³-hybridized carbons (Fsp3) is 0.267. The van der Waals surface area contributed by atoms with E-state index >= 15 is 0 Å². The van der Waals surface area contributed by atoms with Crippen LogP contribution in [0.4, 0.5) is 5.69 Å². The fourth-order valence-electron chi connectivity index (χ4n) is 4.56. The molecule has 1 aliphatic rings. The lowest BCUT2D eigenvalue weighted by atomic mass is 9.94. The molecule has 1 amide bonds. The van der Waals surface area contributed by atoms with Crippen LogP contribution in [0.5, 0.6) is 5.75 Å². The van der Waals surface area contributed by atoms with E-state index in [1.54, 1.807) is 18.9 Å². The Hall–Kier alpha value is -3.51. The number of nitrogens with one attached hydrogen (secondary N) is 2. The summed E-state index contributed by atoms with van der Waals surface area (Å²) in [4.78, 5) is 18.5. The Morgan fingerprint density at radius 2 is 1.67 bits per heavy atom. The van der Waals surface area contributed by atoms with Gasteiger partial charge in [0.2, 0.25) is 0 Å². The van der Waals surface area contributed by atoms with E-state index in [-0.39, 0.29) is 5.91 Å². The number of anilines is 1. The average Bonchev–Trinajstić information content (AvgIpc) is 2.84. The number of nitrogens with zero attached hydrogens (tertiary/aromatic N) is 1. The van der Waals surface area contributed by atoms with Gasteiger partial charge in [-0.2, -0.15) is 0 Å². The summed E-state index contributed by atoms with van der Waals surface area (Å²) in [6, 6.07) is 19.5. The van der Waals surface area contributed by atoms with Crippen molar-refractivity contribution >= 4 is 28.5 Å². The maximum absolute atomic E-state index is 13.5. The Balaban J connectivity index is 1.67. The predicted molar refractivity (Wildman–Crippen MR) is 151 cm³/mol. The van der Waals surface area contributed by atoms with Crippen LogP contribution in [-0.2, 0) is 10.5 Å². The lowest BCUT2D eigenvalue weighted by Crippen LogP contribution is -2.32. The molecule has 0 unspecified atom stereocenters. The first-order chi connectivity index (χ1) is 17.3. The van der Waals surface area contributed by atoms with Crippen molar-refractivity contribution in [1.82, 2.24) is 5.32 Å². The molecule has 0 bridgehead atoms. The van der Waals surface area contributed by atoms with Crippen LogP contribution in [-0.4, -0.2) is 18.2 Å². The summed E-state index contributed by atoms with van der Waals surface area (Å²) in [5.41, 5.74) is 9.24. The lowest BCUT2D eigenvalue weighted by Gasteiger charge is -2.27.